The van der Waals surface area contributed by atoms with Gasteiger partial charge in [0.05, 0.1) is 24.9 Å². The number of hydrogen-bond donors (Lipinski definition) is 1. The number of methoxy groups -OCH3 is 1. The van der Waals surface area contributed by atoms with Crippen molar-refractivity contribution in [1.82, 2.24) is 0 Å². The number of ketones is 1. The molecule has 1 N–H and O–H groups in total. The molecule has 3 aromatic carbocycles. The summed E-state index contributed by atoms with van der Waals surface area (Å²) in [5.41, 5.74) is 3.41. The lowest BCUT2D eigenvalue weighted by atomic mass is 10.1. The third-order valence-corrected chi connectivity index (χ3v) is 7.10. The van der Waals surface area contributed by atoms with Crippen LogP contribution in [0, 0.1) is 6.92 Å². The second-order valence-electron chi connectivity index (χ2n) is 7.57. The Morgan fingerprint density at radius 2 is 1.67 bits per heavy atom. The number of esters is 1. The molecule has 0 spiro atoms. The Kier molecular flexibility index (Phi) is 6.02. The van der Waals surface area contributed by atoms with E-state index in [1.165, 1.54) is 17.6 Å². The number of nitrogens with one attached hydrogen (secondary N) is 1. The number of allylic oxidation sites excluding steroid dienone is 1. The highest BCUT2D eigenvalue weighted by Crippen LogP contribution is 2.36. The summed E-state index contributed by atoms with van der Waals surface area (Å²) in [7, 11) is -2.83. The summed E-state index contributed by atoms with van der Waals surface area (Å²) < 4.78 is 32.9. The van der Waals surface area contributed by atoms with Gasteiger partial charge in [0.15, 0.2) is 4.91 Å². The highest BCUT2D eigenvalue weighted by atomic mass is 32.2. The van der Waals surface area contributed by atoms with Crippen LogP contribution in [0.1, 0.15) is 31.8 Å². The van der Waals surface area contributed by atoms with Crippen molar-refractivity contribution in [3.63, 3.8) is 0 Å². The Labute approximate surface area is 192 Å². The summed E-state index contributed by atoms with van der Waals surface area (Å²) in [4.78, 5) is 24.3. The first kappa shape index (κ1) is 22.3. The Morgan fingerprint density at radius 1 is 1.00 bits per heavy atom. The monoisotopic (exact) mass is 462 g/mol. The average molecular weight is 463 g/mol. The normalized spacial score (nSPS) is 15.8. The molecule has 4 rings (SSSR count). The van der Waals surface area contributed by atoms with Gasteiger partial charge in [-0.25, -0.2) is 13.2 Å². The zero-order valence-electron chi connectivity index (χ0n) is 18.1. The van der Waals surface area contributed by atoms with Crippen LogP contribution in [0.3, 0.4) is 0 Å². The Morgan fingerprint density at radius 3 is 2.33 bits per heavy atom. The third-order valence-electron chi connectivity index (χ3n) is 5.33. The molecule has 0 bridgehead atoms. The first-order chi connectivity index (χ1) is 15.8. The van der Waals surface area contributed by atoms with Gasteiger partial charge in [-0.3, -0.25) is 9.10 Å². The van der Waals surface area contributed by atoms with Crippen molar-refractivity contribution >= 4 is 33.2 Å². The predicted molar refractivity (Wildman–Crippen MR) is 127 cm³/mol. The highest BCUT2D eigenvalue weighted by molar-refractivity contribution is 7.97. The summed E-state index contributed by atoms with van der Waals surface area (Å²) in [6, 6.07) is 20.5. The minimum Gasteiger partial charge on any atom is -0.465 e. The molecule has 0 saturated heterocycles. The fourth-order valence-corrected chi connectivity index (χ4v) is 5.05. The van der Waals surface area contributed by atoms with Gasteiger partial charge in [0.25, 0.3) is 10.0 Å². The summed E-state index contributed by atoms with van der Waals surface area (Å²) in [6.45, 7) is 2.05. The number of rotatable bonds is 5. The van der Waals surface area contributed by atoms with Gasteiger partial charge in [0.2, 0.25) is 5.78 Å². The van der Waals surface area contributed by atoms with Gasteiger partial charge >= 0.3 is 5.97 Å². The van der Waals surface area contributed by atoms with Crippen molar-refractivity contribution in [2.45, 2.75) is 13.5 Å². The maximum atomic E-state index is 13.5. The smallest absolute Gasteiger partial charge is 0.337 e. The van der Waals surface area contributed by atoms with Crippen LogP contribution in [-0.2, 0) is 21.3 Å². The maximum Gasteiger partial charge on any atom is 0.337 e. The fraction of sp³-hybridized carbons (Fsp3) is 0.120. The molecule has 3 aromatic rings. The van der Waals surface area contributed by atoms with Gasteiger partial charge in [0.1, 0.15) is 0 Å². The molecule has 8 heteroatoms. The average Bonchev–Trinajstić information content (AvgIpc) is 2.82. The quantitative estimate of drug-likeness (QED) is 0.450. The number of nitrogens with zero attached hydrogens (tertiary/aromatic N) is 1. The minimum atomic E-state index is -4.12. The molecule has 0 atom stereocenters. The molecule has 168 valence electrons. The van der Waals surface area contributed by atoms with E-state index in [0.29, 0.717) is 22.5 Å². The first-order valence-corrected chi connectivity index (χ1v) is 11.6. The summed E-state index contributed by atoms with van der Waals surface area (Å²) in [5.74, 6) is -1.06. The van der Waals surface area contributed by atoms with Crippen molar-refractivity contribution in [3.8, 4) is 0 Å². The SMILES string of the molecule is COC(=O)c1ccc(NC=C2C(=O)c3ccccc3N(Cc3ccc(C)cc3)S2(=O)=O)cc1. The summed E-state index contributed by atoms with van der Waals surface area (Å²) >= 11 is 0. The Hall–Kier alpha value is -3.91. The number of aryl methyl sites for hydroxylation is 1. The van der Waals surface area contributed by atoms with E-state index in [9.17, 15) is 18.0 Å². The number of benzene rings is 3. The van der Waals surface area contributed by atoms with Crippen molar-refractivity contribution in [1.29, 1.82) is 0 Å². The lowest BCUT2D eigenvalue weighted by molar-refractivity contribution is 0.0600. The zero-order chi connectivity index (χ0) is 23.6. The molecular weight excluding hydrogens is 440 g/mol. The van der Waals surface area contributed by atoms with Gasteiger partial charge in [-0.05, 0) is 48.9 Å². The fourth-order valence-electron chi connectivity index (χ4n) is 3.52. The van der Waals surface area contributed by atoms with Crippen molar-refractivity contribution in [3.05, 3.63) is 106 Å². The minimum absolute atomic E-state index is 0.0953. The van der Waals surface area contributed by atoms with Crippen LogP contribution in [0.25, 0.3) is 0 Å². The lowest BCUT2D eigenvalue weighted by Gasteiger charge is -2.31. The van der Waals surface area contributed by atoms with Gasteiger partial charge in [-0.1, -0.05) is 42.0 Å². The Bertz CT molecular complexity index is 1340. The third kappa shape index (κ3) is 4.38. The van der Waals surface area contributed by atoms with Gasteiger partial charge < -0.3 is 10.1 Å². The zero-order valence-corrected chi connectivity index (χ0v) is 18.9. The van der Waals surface area contributed by atoms with E-state index < -0.39 is 21.8 Å². The van der Waals surface area contributed by atoms with Crippen molar-refractivity contribution in [2.75, 3.05) is 16.7 Å². The van der Waals surface area contributed by atoms with Crippen LogP contribution in [0.5, 0.6) is 0 Å². The molecule has 0 unspecified atom stereocenters. The molecule has 7 nitrogen and oxygen atoms in total. The predicted octanol–water partition coefficient (Wildman–Crippen LogP) is 4.27. The number of anilines is 2. The molecule has 33 heavy (non-hydrogen) atoms. The molecule has 1 heterocycles. The summed E-state index contributed by atoms with van der Waals surface area (Å²) in [5, 5.41) is 2.87. The van der Waals surface area contributed by atoms with E-state index in [4.69, 9.17) is 0 Å². The van der Waals surface area contributed by atoms with Gasteiger partial charge in [-0.2, -0.15) is 0 Å². The van der Waals surface area contributed by atoms with Crippen molar-refractivity contribution in [2.24, 2.45) is 0 Å². The molecule has 0 saturated carbocycles. The van der Waals surface area contributed by atoms with E-state index in [-0.39, 0.29) is 11.4 Å². The molecule has 0 fully saturated rings. The molecular formula is C25H22N2O5S. The second kappa shape index (κ2) is 8.91. The number of carbonyl (C=O) groups excluding carboxylic acids is 2. The molecule has 0 amide bonds. The number of sulfonamides is 1. The number of fused-ring (bicyclic) bond motifs is 1. The lowest BCUT2D eigenvalue weighted by Crippen LogP contribution is -2.39. The molecule has 1 aliphatic heterocycles. The molecule has 0 radical (unpaired) electrons. The number of Topliss-reactive ketones (excluding diaryl/α,β-unsaturated/α-hetero) is 1. The summed E-state index contributed by atoms with van der Waals surface area (Å²) in [6.07, 6.45) is 1.20. The van der Waals surface area contributed by atoms with Crippen LogP contribution in [0.4, 0.5) is 11.4 Å². The molecule has 1 aliphatic rings. The van der Waals surface area contributed by atoms with Crippen LogP contribution in [-0.4, -0.2) is 27.3 Å². The van der Waals surface area contributed by atoms with E-state index >= 15 is 0 Å². The number of para-hydroxylation sites is 1. The van der Waals surface area contributed by atoms with Crippen LogP contribution >= 0.6 is 0 Å². The first-order valence-electron chi connectivity index (χ1n) is 10.2. The van der Waals surface area contributed by atoms with E-state index in [0.717, 1.165) is 11.1 Å². The van der Waals surface area contributed by atoms with Gasteiger partial charge in [0, 0.05) is 17.5 Å². The second-order valence-corrected chi connectivity index (χ2v) is 9.40. The molecule has 0 aromatic heterocycles. The van der Waals surface area contributed by atoms with Crippen LogP contribution in [0.2, 0.25) is 0 Å². The van der Waals surface area contributed by atoms with Crippen LogP contribution in [0.15, 0.2) is 83.9 Å². The largest absolute Gasteiger partial charge is 0.465 e. The number of ether oxygens (including phenoxy) is 1. The Balaban J connectivity index is 1.70. The van der Waals surface area contributed by atoms with Gasteiger partial charge in [-0.15, -0.1) is 0 Å². The molecule has 0 aliphatic carbocycles. The number of carbonyl (C=O) groups is 2. The van der Waals surface area contributed by atoms with E-state index in [1.807, 2.05) is 31.2 Å². The van der Waals surface area contributed by atoms with Crippen LogP contribution < -0.4 is 9.62 Å². The van der Waals surface area contributed by atoms with E-state index in [2.05, 4.69) is 10.1 Å². The number of hydrogen-bond acceptors (Lipinski definition) is 6. The van der Waals surface area contributed by atoms with E-state index in [1.54, 1.807) is 48.5 Å². The van der Waals surface area contributed by atoms with Crippen molar-refractivity contribution < 1.29 is 22.7 Å². The topological polar surface area (TPSA) is 92.8 Å². The maximum absolute atomic E-state index is 13.5. The standard InChI is InChI=1S/C25H22N2O5S/c1-17-7-9-18(10-8-17)16-27-22-6-4-3-5-21(22)24(28)23(33(27,30)31)15-26-20-13-11-19(12-14-20)25(29)32-2/h3-15,26H,16H2,1-2H3. The highest BCUT2D eigenvalue weighted by Gasteiger charge is 2.40.